The third-order valence-electron chi connectivity index (χ3n) is 5.98. The summed E-state index contributed by atoms with van der Waals surface area (Å²) < 4.78 is 28.3. The number of hydrogen-bond donors (Lipinski definition) is 2. The first-order chi connectivity index (χ1) is 17.6. The summed E-state index contributed by atoms with van der Waals surface area (Å²) in [5, 5.41) is 22.0. The number of hydrogen-bond acceptors (Lipinski definition) is 4. The van der Waals surface area contributed by atoms with Crippen LogP contribution in [0.2, 0.25) is 5.02 Å². The molecular weight excluding hydrogens is 512 g/mol. The van der Waals surface area contributed by atoms with Crippen LogP contribution in [-0.4, -0.2) is 59.2 Å². The minimum atomic E-state index is -3.97. The number of halogens is 1. The van der Waals surface area contributed by atoms with Crippen molar-refractivity contribution in [3.05, 3.63) is 101 Å². The van der Waals surface area contributed by atoms with E-state index < -0.39 is 28.3 Å². The van der Waals surface area contributed by atoms with Crippen molar-refractivity contribution in [1.82, 2.24) is 9.21 Å². The molecule has 2 atom stereocenters. The van der Waals surface area contributed by atoms with Gasteiger partial charge in [0.25, 0.3) is 0 Å². The zero-order valence-electron chi connectivity index (χ0n) is 20.9. The summed E-state index contributed by atoms with van der Waals surface area (Å²) in [6.45, 7) is 3.72. The lowest BCUT2D eigenvalue weighted by Gasteiger charge is -2.36. The molecule has 0 aliphatic carbocycles. The Hall–Kier alpha value is -2.91. The summed E-state index contributed by atoms with van der Waals surface area (Å²) in [5.41, 5.74) is 1.60. The fourth-order valence-corrected chi connectivity index (χ4v) is 5.93. The summed E-state index contributed by atoms with van der Waals surface area (Å²) >= 11 is 5.95. The van der Waals surface area contributed by atoms with Gasteiger partial charge in [-0.1, -0.05) is 86.1 Å². The fraction of sp³-hybridized carbons (Fsp3) is 0.321. The molecule has 0 bridgehead atoms. The van der Waals surface area contributed by atoms with Gasteiger partial charge in [-0.25, -0.2) is 13.2 Å². The average Bonchev–Trinajstić information content (AvgIpc) is 2.86. The maximum Gasteiger partial charge on any atom is 0.407 e. The number of aliphatic hydroxyl groups excluding tert-OH is 1. The third-order valence-corrected chi connectivity index (χ3v) is 8.08. The highest BCUT2D eigenvalue weighted by Gasteiger charge is 2.35. The molecule has 37 heavy (non-hydrogen) atoms. The van der Waals surface area contributed by atoms with Crippen molar-refractivity contribution < 1.29 is 23.4 Å². The van der Waals surface area contributed by atoms with Crippen molar-refractivity contribution in [2.24, 2.45) is 5.92 Å². The molecule has 0 aliphatic rings. The van der Waals surface area contributed by atoms with Crippen molar-refractivity contribution in [1.29, 1.82) is 0 Å². The summed E-state index contributed by atoms with van der Waals surface area (Å²) in [7, 11) is -3.97. The zero-order valence-corrected chi connectivity index (χ0v) is 22.5. The Labute approximate surface area is 224 Å². The maximum absolute atomic E-state index is 13.5. The van der Waals surface area contributed by atoms with Crippen LogP contribution in [0.25, 0.3) is 0 Å². The lowest BCUT2D eigenvalue weighted by atomic mass is 9.98. The molecule has 0 heterocycles. The van der Waals surface area contributed by atoms with Gasteiger partial charge in [0, 0.05) is 24.7 Å². The number of aliphatic hydroxyl groups is 1. The van der Waals surface area contributed by atoms with Gasteiger partial charge in [-0.15, -0.1) is 0 Å². The Kier molecular flexibility index (Phi) is 10.1. The van der Waals surface area contributed by atoms with Gasteiger partial charge in [-0.05, 0) is 47.7 Å². The fourth-order valence-electron chi connectivity index (χ4n) is 4.18. The molecule has 0 fully saturated rings. The van der Waals surface area contributed by atoms with E-state index in [1.54, 1.807) is 0 Å². The zero-order chi connectivity index (χ0) is 27.0. The van der Waals surface area contributed by atoms with Crippen LogP contribution in [0.1, 0.15) is 25.0 Å². The van der Waals surface area contributed by atoms with Crippen molar-refractivity contribution in [2.45, 2.75) is 43.9 Å². The van der Waals surface area contributed by atoms with Crippen LogP contribution in [0.5, 0.6) is 0 Å². The van der Waals surface area contributed by atoms with E-state index in [-0.39, 0.29) is 36.9 Å². The van der Waals surface area contributed by atoms with Crippen molar-refractivity contribution >= 4 is 27.7 Å². The molecular formula is C28H33ClN2O5S. The average molecular weight is 545 g/mol. The van der Waals surface area contributed by atoms with Gasteiger partial charge in [0.1, 0.15) is 0 Å². The lowest BCUT2D eigenvalue weighted by Crippen LogP contribution is -2.52. The molecule has 198 valence electrons. The van der Waals surface area contributed by atoms with Gasteiger partial charge < -0.3 is 10.2 Å². The van der Waals surface area contributed by atoms with E-state index in [1.807, 2.05) is 74.5 Å². The molecule has 1 amide bonds. The Bertz CT molecular complexity index is 1240. The second kappa shape index (κ2) is 13.1. The molecule has 9 heteroatoms. The lowest BCUT2D eigenvalue weighted by molar-refractivity contribution is 0.0337. The van der Waals surface area contributed by atoms with E-state index >= 15 is 0 Å². The van der Waals surface area contributed by atoms with Crippen molar-refractivity contribution in [3.8, 4) is 0 Å². The maximum atomic E-state index is 13.5. The van der Waals surface area contributed by atoms with E-state index in [0.717, 1.165) is 11.1 Å². The van der Waals surface area contributed by atoms with E-state index in [2.05, 4.69) is 0 Å². The molecule has 0 aliphatic heterocycles. The Morgan fingerprint density at radius 3 is 1.92 bits per heavy atom. The number of carbonyl (C=O) groups is 1. The quantitative estimate of drug-likeness (QED) is 0.329. The van der Waals surface area contributed by atoms with Crippen LogP contribution in [0, 0.1) is 5.92 Å². The molecule has 2 N–H and O–H groups in total. The van der Waals surface area contributed by atoms with Gasteiger partial charge >= 0.3 is 6.09 Å². The number of rotatable bonds is 12. The first kappa shape index (κ1) is 28.7. The van der Waals surface area contributed by atoms with Gasteiger partial charge in [0.05, 0.1) is 17.0 Å². The molecule has 0 saturated carbocycles. The summed E-state index contributed by atoms with van der Waals surface area (Å²) in [4.78, 5) is 13.7. The summed E-state index contributed by atoms with van der Waals surface area (Å²) in [5.74, 6) is -0.0262. The van der Waals surface area contributed by atoms with E-state index in [1.165, 1.54) is 33.5 Å². The predicted octanol–water partition coefficient (Wildman–Crippen LogP) is 5.14. The molecule has 7 nitrogen and oxygen atoms in total. The number of sulfonamides is 1. The highest BCUT2D eigenvalue weighted by atomic mass is 35.5. The molecule has 0 saturated heterocycles. The van der Waals surface area contributed by atoms with Gasteiger partial charge in [0.2, 0.25) is 10.0 Å². The second-order valence-corrected chi connectivity index (χ2v) is 11.8. The SMILES string of the molecule is CC(C)CN(C[C@@H](O)[C@H](Cc1ccccc1)N(Cc1ccccc1)C(=O)O)S(=O)(=O)c1ccc(Cl)cc1. The van der Waals surface area contributed by atoms with E-state index in [9.17, 15) is 23.4 Å². The minimum Gasteiger partial charge on any atom is -0.465 e. The van der Waals surface area contributed by atoms with E-state index in [4.69, 9.17) is 11.6 Å². The van der Waals surface area contributed by atoms with Gasteiger partial charge in [-0.3, -0.25) is 4.90 Å². The molecule has 0 unspecified atom stereocenters. The van der Waals surface area contributed by atoms with E-state index in [0.29, 0.717) is 5.02 Å². The predicted molar refractivity (Wildman–Crippen MR) is 145 cm³/mol. The standard InChI is InChI=1S/C28H33ClN2O5S/c1-21(2)18-30(37(35,36)25-15-13-24(29)14-16-25)20-27(32)26(17-22-9-5-3-6-10-22)31(28(33)34)19-23-11-7-4-8-12-23/h3-16,21,26-27,32H,17-20H2,1-2H3,(H,33,34)/t26-,27+/m0/s1. The first-order valence-electron chi connectivity index (χ1n) is 12.1. The number of benzene rings is 3. The highest BCUT2D eigenvalue weighted by Crippen LogP contribution is 2.23. The van der Waals surface area contributed by atoms with Crippen LogP contribution in [0.15, 0.2) is 89.8 Å². The van der Waals surface area contributed by atoms with Crippen LogP contribution >= 0.6 is 11.6 Å². The Morgan fingerprint density at radius 1 is 0.865 bits per heavy atom. The van der Waals surface area contributed by atoms with Gasteiger partial charge in [-0.2, -0.15) is 4.31 Å². The summed E-state index contributed by atoms with van der Waals surface area (Å²) in [6, 6.07) is 23.4. The largest absolute Gasteiger partial charge is 0.465 e. The molecule has 3 aromatic rings. The molecule has 0 aromatic heterocycles. The normalized spacial score (nSPS) is 13.5. The van der Waals surface area contributed by atoms with Crippen molar-refractivity contribution in [3.63, 3.8) is 0 Å². The first-order valence-corrected chi connectivity index (χ1v) is 13.9. The summed E-state index contributed by atoms with van der Waals surface area (Å²) in [6.07, 6.45) is -2.27. The van der Waals surface area contributed by atoms with Crippen LogP contribution in [-0.2, 0) is 23.0 Å². The van der Waals surface area contributed by atoms with Crippen LogP contribution in [0.4, 0.5) is 4.79 Å². The number of amides is 1. The number of nitrogens with zero attached hydrogens (tertiary/aromatic N) is 2. The second-order valence-electron chi connectivity index (χ2n) is 9.39. The molecule has 3 aromatic carbocycles. The highest BCUT2D eigenvalue weighted by molar-refractivity contribution is 7.89. The Balaban J connectivity index is 1.96. The number of carboxylic acid groups (broad SMARTS) is 1. The van der Waals surface area contributed by atoms with Crippen LogP contribution < -0.4 is 0 Å². The molecule has 0 radical (unpaired) electrons. The Morgan fingerprint density at radius 2 is 1.41 bits per heavy atom. The van der Waals surface area contributed by atoms with Crippen LogP contribution in [0.3, 0.4) is 0 Å². The monoisotopic (exact) mass is 544 g/mol. The smallest absolute Gasteiger partial charge is 0.407 e. The third kappa shape index (κ3) is 8.04. The molecule has 0 spiro atoms. The topological polar surface area (TPSA) is 98.2 Å². The minimum absolute atomic E-state index is 0.0262. The molecule has 3 rings (SSSR count). The van der Waals surface area contributed by atoms with Gasteiger partial charge in [0.15, 0.2) is 0 Å². The van der Waals surface area contributed by atoms with Crippen molar-refractivity contribution in [2.75, 3.05) is 13.1 Å².